The van der Waals surface area contributed by atoms with E-state index in [2.05, 4.69) is 10.1 Å². The molecule has 2 aliphatic heterocycles. The second-order valence-corrected chi connectivity index (χ2v) is 6.97. The quantitative estimate of drug-likeness (QED) is 0.831. The number of rotatable bonds is 4. The van der Waals surface area contributed by atoms with Gasteiger partial charge in [0.25, 0.3) is 0 Å². The number of para-hydroxylation sites is 1. The molecule has 0 bridgehead atoms. The normalized spacial score (nSPS) is 20.8. The molecule has 2 heterocycles. The number of piperazine rings is 1. The summed E-state index contributed by atoms with van der Waals surface area (Å²) in [6.45, 7) is 2.48. The Labute approximate surface area is 157 Å². The summed E-state index contributed by atoms with van der Waals surface area (Å²) in [4.78, 5) is 22.1. The second kappa shape index (κ2) is 7.48. The van der Waals surface area contributed by atoms with Gasteiger partial charge in [-0.05, 0) is 17.7 Å². The summed E-state index contributed by atoms with van der Waals surface area (Å²) in [6.07, 6.45) is 0.757. The zero-order valence-corrected chi connectivity index (χ0v) is 15.1. The van der Waals surface area contributed by atoms with Gasteiger partial charge in [-0.1, -0.05) is 59.2 Å². The maximum Gasteiger partial charge on any atom is 0.241 e. The van der Waals surface area contributed by atoms with Crippen LogP contribution in [0, 0.1) is 0 Å². The third-order valence-corrected chi connectivity index (χ3v) is 5.06. The van der Waals surface area contributed by atoms with Crippen LogP contribution >= 0.6 is 11.6 Å². The van der Waals surface area contributed by atoms with E-state index < -0.39 is 0 Å². The molecule has 4 rings (SSSR count). The van der Waals surface area contributed by atoms with Crippen molar-refractivity contribution >= 4 is 28.9 Å². The van der Waals surface area contributed by atoms with Gasteiger partial charge in [0, 0.05) is 26.1 Å². The van der Waals surface area contributed by atoms with Crippen molar-refractivity contribution in [1.29, 1.82) is 0 Å². The van der Waals surface area contributed by atoms with Gasteiger partial charge in [0.2, 0.25) is 5.91 Å². The fourth-order valence-electron chi connectivity index (χ4n) is 3.42. The average Bonchev–Trinajstić information content (AvgIpc) is 3.12. The zero-order chi connectivity index (χ0) is 17.9. The Morgan fingerprint density at radius 1 is 1.08 bits per heavy atom. The van der Waals surface area contributed by atoms with E-state index in [9.17, 15) is 4.79 Å². The van der Waals surface area contributed by atoms with Crippen LogP contribution in [0.1, 0.15) is 12.0 Å². The van der Waals surface area contributed by atoms with E-state index in [1.807, 2.05) is 54.6 Å². The minimum Gasteiger partial charge on any atom is -0.390 e. The Bertz CT molecular complexity index is 825. The van der Waals surface area contributed by atoms with Crippen LogP contribution in [-0.4, -0.2) is 48.8 Å². The molecule has 2 aromatic carbocycles. The molecule has 0 spiro atoms. The van der Waals surface area contributed by atoms with Crippen molar-refractivity contribution in [3.05, 3.63) is 65.2 Å². The Morgan fingerprint density at radius 2 is 1.85 bits per heavy atom. The lowest BCUT2D eigenvalue weighted by molar-refractivity contribution is -0.121. The van der Waals surface area contributed by atoms with Gasteiger partial charge in [-0.2, -0.15) is 0 Å². The predicted molar refractivity (Wildman–Crippen MR) is 103 cm³/mol. The van der Waals surface area contributed by atoms with Crippen LogP contribution in [0.5, 0.6) is 0 Å². The second-order valence-electron chi connectivity index (χ2n) is 6.57. The highest BCUT2D eigenvalue weighted by molar-refractivity contribution is 6.33. The molecule has 0 aromatic heterocycles. The summed E-state index contributed by atoms with van der Waals surface area (Å²) in [5.74, 6) is 0.0616. The van der Waals surface area contributed by atoms with Crippen molar-refractivity contribution in [3.63, 3.8) is 0 Å². The molecule has 26 heavy (non-hydrogen) atoms. The first-order chi connectivity index (χ1) is 12.7. The zero-order valence-electron chi connectivity index (χ0n) is 14.3. The highest BCUT2D eigenvalue weighted by Crippen LogP contribution is 2.27. The van der Waals surface area contributed by atoms with E-state index in [4.69, 9.17) is 16.4 Å². The van der Waals surface area contributed by atoms with Gasteiger partial charge in [-0.25, -0.2) is 0 Å². The highest BCUT2D eigenvalue weighted by atomic mass is 35.5. The first-order valence-corrected chi connectivity index (χ1v) is 9.14. The number of carbonyl (C=O) groups excluding carboxylic acids is 1. The number of anilines is 1. The molecule has 5 nitrogen and oxygen atoms in total. The molecule has 0 saturated carbocycles. The highest BCUT2D eigenvalue weighted by Gasteiger charge is 2.30. The summed E-state index contributed by atoms with van der Waals surface area (Å²) in [5, 5.41) is 4.83. The molecule has 0 N–H and O–H groups in total. The maximum atomic E-state index is 12.6. The lowest BCUT2D eigenvalue weighted by Crippen LogP contribution is -2.52. The predicted octanol–water partition coefficient (Wildman–Crippen LogP) is 3.18. The van der Waals surface area contributed by atoms with Crippen LogP contribution in [0.4, 0.5) is 5.69 Å². The minimum absolute atomic E-state index is 0.00938. The van der Waals surface area contributed by atoms with Crippen molar-refractivity contribution in [3.8, 4) is 0 Å². The van der Waals surface area contributed by atoms with Crippen LogP contribution in [0.15, 0.2) is 59.8 Å². The molecule has 1 saturated heterocycles. The third kappa shape index (κ3) is 3.59. The molecule has 1 fully saturated rings. The van der Waals surface area contributed by atoms with Gasteiger partial charge in [0.1, 0.15) is 6.10 Å². The van der Waals surface area contributed by atoms with Crippen LogP contribution in [0.3, 0.4) is 0 Å². The number of hydrogen-bond donors (Lipinski definition) is 0. The summed E-state index contributed by atoms with van der Waals surface area (Å²) in [5.41, 5.74) is 2.84. The van der Waals surface area contributed by atoms with Crippen LogP contribution in [0.25, 0.3) is 0 Å². The number of oxime groups is 1. The van der Waals surface area contributed by atoms with E-state index in [1.165, 1.54) is 0 Å². The van der Waals surface area contributed by atoms with Crippen LogP contribution < -0.4 is 4.90 Å². The monoisotopic (exact) mass is 369 g/mol. The van der Waals surface area contributed by atoms with E-state index >= 15 is 0 Å². The maximum absolute atomic E-state index is 12.6. The number of nitrogens with zero attached hydrogens (tertiary/aromatic N) is 3. The number of carbonyl (C=O) groups is 1. The van der Waals surface area contributed by atoms with Crippen molar-refractivity contribution in [1.82, 2.24) is 4.90 Å². The third-order valence-electron chi connectivity index (χ3n) is 4.74. The van der Waals surface area contributed by atoms with Crippen LogP contribution in [-0.2, 0) is 9.63 Å². The van der Waals surface area contributed by atoms with E-state index in [-0.39, 0.29) is 12.0 Å². The fourth-order valence-corrected chi connectivity index (χ4v) is 3.66. The minimum atomic E-state index is -0.00938. The molecule has 0 unspecified atom stereocenters. The summed E-state index contributed by atoms with van der Waals surface area (Å²) in [7, 11) is 0. The topological polar surface area (TPSA) is 45.1 Å². The first-order valence-electron chi connectivity index (χ1n) is 8.76. The molecule has 1 amide bonds. The van der Waals surface area contributed by atoms with Gasteiger partial charge in [-0.3, -0.25) is 9.69 Å². The van der Waals surface area contributed by atoms with Crippen molar-refractivity contribution in [2.24, 2.45) is 5.16 Å². The lowest BCUT2D eigenvalue weighted by Gasteiger charge is -2.35. The molecular weight excluding hydrogens is 350 g/mol. The van der Waals surface area contributed by atoms with Gasteiger partial charge < -0.3 is 9.74 Å². The Morgan fingerprint density at radius 3 is 2.62 bits per heavy atom. The molecule has 2 aromatic rings. The van der Waals surface area contributed by atoms with Gasteiger partial charge >= 0.3 is 0 Å². The number of halogens is 1. The standard InChI is InChI=1S/C20H20ClN3O2/c21-17-8-4-5-9-19(17)24-11-10-23(14-20(24)25)13-16-12-18(22-26-16)15-6-2-1-3-7-15/h1-9,16H,10-14H2/t16-/m0/s1. The molecule has 0 aliphatic carbocycles. The Hall–Kier alpha value is -2.37. The van der Waals surface area contributed by atoms with Crippen molar-refractivity contribution in [2.45, 2.75) is 12.5 Å². The number of hydrogen-bond acceptors (Lipinski definition) is 4. The summed E-state index contributed by atoms with van der Waals surface area (Å²) in [6, 6.07) is 17.5. The molecular formula is C20H20ClN3O2. The fraction of sp³-hybridized carbons (Fsp3) is 0.300. The van der Waals surface area contributed by atoms with E-state index in [1.54, 1.807) is 4.90 Å². The smallest absolute Gasteiger partial charge is 0.241 e. The van der Waals surface area contributed by atoms with E-state index in [0.717, 1.165) is 29.9 Å². The van der Waals surface area contributed by atoms with Crippen molar-refractivity contribution < 1.29 is 9.63 Å². The van der Waals surface area contributed by atoms with Gasteiger partial charge in [0.15, 0.2) is 0 Å². The Balaban J connectivity index is 1.33. The molecule has 0 radical (unpaired) electrons. The molecule has 134 valence electrons. The molecule has 2 aliphatic rings. The van der Waals surface area contributed by atoms with Gasteiger partial charge in [-0.15, -0.1) is 0 Å². The first kappa shape index (κ1) is 17.1. The number of benzene rings is 2. The average molecular weight is 370 g/mol. The van der Waals surface area contributed by atoms with Gasteiger partial charge in [0.05, 0.1) is 23.0 Å². The summed E-state index contributed by atoms with van der Waals surface area (Å²) >= 11 is 6.23. The lowest BCUT2D eigenvalue weighted by atomic mass is 10.0. The van der Waals surface area contributed by atoms with Crippen molar-refractivity contribution in [2.75, 3.05) is 31.1 Å². The van der Waals surface area contributed by atoms with Crippen LogP contribution in [0.2, 0.25) is 5.02 Å². The Kier molecular flexibility index (Phi) is 4.91. The molecule has 6 heteroatoms. The largest absolute Gasteiger partial charge is 0.390 e. The summed E-state index contributed by atoms with van der Waals surface area (Å²) < 4.78 is 0. The molecule has 1 atom stereocenters. The van der Waals surface area contributed by atoms with E-state index in [0.29, 0.717) is 24.7 Å². The SMILES string of the molecule is O=C1CN(C[C@@H]2CC(c3ccccc3)=NO2)CCN1c1ccccc1Cl. The number of amides is 1.